The van der Waals surface area contributed by atoms with Crippen molar-refractivity contribution in [3.63, 3.8) is 0 Å². The quantitative estimate of drug-likeness (QED) is 0.260. The van der Waals surface area contributed by atoms with Gasteiger partial charge >= 0.3 is 5.97 Å². The van der Waals surface area contributed by atoms with Gasteiger partial charge in [0.2, 0.25) is 10.0 Å². The van der Waals surface area contributed by atoms with Gasteiger partial charge in [-0.2, -0.15) is 4.31 Å². The number of nitrogens with zero attached hydrogens (tertiary/aromatic N) is 2. The van der Waals surface area contributed by atoms with E-state index in [0.29, 0.717) is 12.2 Å². The molecule has 2 atom stereocenters. The number of carbonyl (C=O) groups excluding carboxylic acids is 2. The van der Waals surface area contributed by atoms with Gasteiger partial charge in [0.1, 0.15) is 0 Å². The summed E-state index contributed by atoms with van der Waals surface area (Å²) < 4.78 is 36.5. The van der Waals surface area contributed by atoms with Crippen LogP contribution in [0.25, 0.3) is 21.8 Å². The fraction of sp³-hybridized carbons (Fsp3) is 0.394. The first-order valence-corrected chi connectivity index (χ1v) is 15.9. The van der Waals surface area contributed by atoms with Gasteiger partial charge < -0.3 is 14.6 Å². The number of anilines is 1. The van der Waals surface area contributed by atoms with Crippen LogP contribution in [0.15, 0.2) is 71.6 Å². The molecule has 42 heavy (non-hydrogen) atoms. The Bertz CT molecular complexity index is 1830. The summed E-state index contributed by atoms with van der Waals surface area (Å²) in [5.41, 5.74) is 2.92. The summed E-state index contributed by atoms with van der Waals surface area (Å²) >= 11 is 0. The zero-order valence-corrected chi connectivity index (χ0v) is 25.3. The normalized spacial score (nSPS) is 22.0. The number of sulfonamides is 1. The molecule has 1 N–H and O–H groups in total. The Kier molecular flexibility index (Phi) is 6.93. The highest BCUT2D eigenvalue weighted by molar-refractivity contribution is 7.89. The van der Waals surface area contributed by atoms with E-state index in [2.05, 4.69) is 49.7 Å². The summed E-state index contributed by atoms with van der Waals surface area (Å²) in [5, 5.41) is 4.94. The topological polar surface area (TPSA) is 97.7 Å². The number of hydrogen-bond donors (Lipinski definition) is 1. The minimum atomic E-state index is -3.80. The zero-order valence-electron chi connectivity index (χ0n) is 24.5. The zero-order chi connectivity index (χ0) is 29.9. The minimum absolute atomic E-state index is 0.0546. The van der Waals surface area contributed by atoms with E-state index in [4.69, 9.17) is 4.74 Å². The van der Waals surface area contributed by atoms with Gasteiger partial charge in [0.05, 0.1) is 10.5 Å². The molecule has 220 valence electrons. The molecule has 2 aliphatic rings. The first kappa shape index (κ1) is 28.4. The maximum absolute atomic E-state index is 13.7. The van der Waals surface area contributed by atoms with Crippen molar-refractivity contribution in [2.75, 3.05) is 18.5 Å². The van der Waals surface area contributed by atoms with Crippen LogP contribution in [0.5, 0.6) is 0 Å². The molecule has 1 aromatic heterocycles. The van der Waals surface area contributed by atoms with Crippen molar-refractivity contribution < 1.29 is 22.7 Å². The molecule has 1 saturated carbocycles. The van der Waals surface area contributed by atoms with E-state index in [9.17, 15) is 18.0 Å². The summed E-state index contributed by atoms with van der Waals surface area (Å²) in [6.07, 6.45) is 2.64. The SMILES string of the molecule is CCn1c2ccccc2c2cc(NC(=O)COC(=O)c3cccc(S(=O)(=O)N4CC5(C)CC4CC(C)(C)C5)c3)ccc21. The van der Waals surface area contributed by atoms with Crippen molar-refractivity contribution in [1.29, 1.82) is 0 Å². The molecule has 0 spiro atoms. The minimum Gasteiger partial charge on any atom is -0.452 e. The fourth-order valence-corrected chi connectivity index (χ4v) is 9.31. The number of ether oxygens (including phenoxy) is 1. The van der Waals surface area contributed by atoms with Crippen molar-refractivity contribution in [2.24, 2.45) is 10.8 Å². The molecule has 8 nitrogen and oxygen atoms in total. The van der Waals surface area contributed by atoms with E-state index in [1.807, 2.05) is 30.3 Å². The van der Waals surface area contributed by atoms with Crippen molar-refractivity contribution in [1.82, 2.24) is 8.87 Å². The van der Waals surface area contributed by atoms with Gasteiger partial charge in [-0.15, -0.1) is 0 Å². The van der Waals surface area contributed by atoms with Crippen LogP contribution >= 0.6 is 0 Å². The standard InChI is InChI=1S/C33H37N3O5S/c1-5-35-28-12-7-6-11-26(28)27-16-23(13-14-29(27)35)34-30(37)19-41-31(38)22-9-8-10-25(15-22)42(39,40)36-21-33(4)18-24(36)17-32(2,3)20-33/h6-16,24H,5,17-21H2,1-4H3,(H,34,37). The van der Waals surface area contributed by atoms with E-state index in [0.717, 1.165) is 47.6 Å². The lowest BCUT2D eigenvalue weighted by Gasteiger charge is -2.39. The van der Waals surface area contributed by atoms with Gasteiger partial charge in [-0.25, -0.2) is 13.2 Å². The molecule has 3 aromatic carbocycles. The molecule has 1 aliphatic carbocycles. The largest absolute Gasteiger partial charge is 0.452 e. The molecular formula is C33H37N3O5S. The number of rotatable bonds is 7. The summed E-state index contributed by atoms with van der Waals surface area (Å²) in [7, 11) is -3.80. The third-order valence-corrected chi connectivity index (χ3v) is 10.6. The Labute approximate surface area is 246 Å². The van der Waals surface area contributed by atoms with E-state index in [1.54, 1.807) is 10.4 Å². The van der Waals surface area contributed by atoms with Crippen molar-refractivity contribution in [3.05, 3.63) is 72.3 Å². The number of aryl methyl sites for hydroxylation is 1. The number of esters is 1. The van der Waals surface area contributed by atoms with Gasteiger partial charge in [-0.1, -0.05) is 45.0 Å². The molecule has 2 fully saturated rings. The average Bonchev–Trinajstić information content (AvgIpc) is 3.41. The molecule has 9 heteroatoms. The number of amides is 1. The summed E-state index contributed by atoms with van der Waals surface area (Å²) in [5.74, 6) is -1.23. The lowest BCUT2D eigenvalue weighted by molar-refractivity contribution is -0.119. The van der Waals surface area contributed by atoms with Crippen molar-refractivity contribution in [2.45, 2.75) is 64.4 Å². The van der Waals surface area contributed by atoms with E-state index >= 15 is 0 Å². The highest BCUT2D eigenvalue weighted by Gasteiger charge is 2.53. The van der Waals surface area contributed by atoms with E-state index < -0.39 is 28.5 Å². The summed E-state index contributed by atoms with van der Waals surface area (Å²) in [6.45, 7) is 9.46. The second-order valence-corrected chi connectivity index (χ2v) is 14.8. The number of nitrogens with one attached hydrogen (secondary N) is 1. The smallest absolute Gasteiger partial charge is 0.338 e. The first-order chi connectivity index (χ1) is 19.9. The van der Waals surface area contributed by atoms with Gasteiger partial charge in [-0.05, 0) is 79.5 Å². The highest BCUT2D eigenvalue weighted by atomic mass is 32.2. The van der Waals surface area contributed by atoms with E-state index in [1.165, 1.54) is 18.2 Å². The predicted octanol–water partition coefficient (Wildman–Crippen LogP) is 6.20. The monoisotopic (exact) mass is 587 g/mol. The lowest BCUT2D eigenvalue weighted by Crippen LogP contribution is -2.37. The first-order valence-electron chi connectivity index (χ1n) is 14.5. The van der Waals surface area contributed by atoms with Gasteiger partial charge in [0, 0.05) is 46.6 Å². The second-order valence-electron chi connectivity index (χ2n) is 12.9. The van der Waals surface area contributed by atoms with Crippen LogP contribution < -0.4 is 5.32 Å². The number of aromatic nitrogens is 1. The Morgan fingerprint density at radius 2 is 1.71 bits per heavy atom. The fourth-order valence-electron chi connectivity index (χ4n) is 7.49. The molecule has 4 aromatic rings. The Balaban J connectivity index is 1.13. The van der Waals surface area contributed by atoms with Crippen LogP contribution in [-0.2, 0) is 26.1 Å². The molecule has 6 rings (SSSR count). The van der Waals surface area contributed by atoms with Crippen molar-refractivity contribution >= 4 is 49.4 Å². The highest BCUT2D eigenvalue weighted by Crippen LogP contribution is 2.53. The molecule has 2 bridgehead atoms. The number of carbonyl (C=O) groups is 2. The predicted molar refractivity (Wildman–Crippen MR) is 164 cm³/mol. The van der Waals surface area contributed by atoms with Crippen LogP contribution in [0, 0.1) is 10.8 Å². The summed E-state index contributed by atoms with van der Waals surface area (Å²) in [4.78, 5) is 25.6. The molecular weight excluding hydrogens is 550 g/mol. The van der Waals surface area contributed by atoms with Gasteiger partial charge in [0.25, 0.3) is 5.91 Å². The van der Waals surface area contributed by atoms with Crippen LogP contribution in [0.3, 0.4) is 0 Å². The van der Waals surface area contributed by atoms with Gasteiger partial charge in [-0.3, -0.25) is 4.79 Å². The second kappa shape index (κ2) is 10.2. The van der Waals surface area contributed by atoms with Crippen molar-refractivity contribution in [3.8, 4) is 0 Å². The lowest BCUT2D eigenvalue weighted by atomic mass is 9.65. The molecule has 2 heterocycles. The number of benzene rings is 3. The molecule has 1 aliphatic heterocycles. The van der Waals surface area contributed by atoms with Crippen LogP contribution in [0.1, 0.15) is 57.3 Å². The maximum Gasteiger partial charge on any atom is 0.338 e. The number of fused-ring (bicyclic) bond motifs is 5. The van der Waals surface area contributed by atoms with Crippen LogP contribution in [0.4, 0.5) is 5.69 Å². The Morgan fingerprint density at radius 3 is 2.50 bits per heavy atom. The average molecular weight is 588 g/mol. The number of para-hydroxylation sites is 1. The van der Waals surface area contributed by atoms with Crippen LogP contribution in [0.2, 0.25) is 0 Å². The third kappa shape index (κ3) is 5.09. The number of hydrogen-bond acceptors (Lipinski definition) is 5. The van der Waals surface area contributed by atoms with E-state index in [-0.39, 0.29) is 27.3 Å². The van der Waals surface area contributed by atoms with Gasteiger partial charge in [0.15, 0.2) is 6.61 Å². The molecule has 2 unspecified atom stereocenters. The molecule has 0 radical (unpaired) electrons. The third-order valence-electron chi connectivity index (χ3n) is 8.75. The van der Waals surface area contributed by atoms with Crippen LogP contribution in [-0.4, -0.2) is 48.4 Å². The maximum atomic E-state index is 13.7. The molecule has 1 amide bonds. The summed E-state index contributed by atoms with van der Waals surface area (Å²) in [6, 6.07) is 19.7. The molecule has 1 saturated heterocycles. The Hall–Kier alpha value is -3.69. The Morgan fingerprint density at radius 1 is 0.952 bits per heavy atom.